The maximum Gasteiger partial charge on any atom is 0.534 e. The van der Waals surface area contributed by atoms with E-state index in [1.165, 1.54) is 20.3 Å². The molecular weight excluding hydrogens is 535 g/mol. The van der Waals surface area contributed by atoms with E-state index in [2.05, 4.69) is 6.92 Å². The molecule has 0 bridgehead atoms. The van der Waals surface area contributed by atoms with Gasteiger partial charge in [0.1, 0.15) is 12.4 Å². The third-order valence-electron chi connectivity index (χ3n) is 6.59. The molecule has 3 aromatic carbocycles. The fraction of sp³-hybridized carbons (Fsp3) is 0.357. The van der Waals surface area contributed by atoms with Gasteiger partial charge in [-0.3, -0.25) is 0 Å². The Morgan fingerprint density at radius 1 is 0.872 bits per heavy atom. The van der Waals surface area contributed by atoms with Gasteiger partial charge in [0.05, 0.1) is 19.8 Å². The predicted octanol–water partition coefficient (Wildman–Crippen LogP) is 6.41. The molecule has 0 unspecified atom stereocenters. The first-order chi connectivity index (χ1) is 18.5. The van der Waals surface area contributed by atoms with Crippen LogP contribution in [-0.4, -0.2) is 41.2 Å². The van der Waals surface area contributed by atoms with Crippen LogP contribution in [0.5, 0.6) is 23.0 Å². The molecule has 0 radical (unpaired) electrons. The van der Waals surface area contributed by atoms with Gasteiger partial charge >= 0.3 is 15.6 Å². The summed E-state index contributed by atoms with van der Waals surface area (Å²) in [5.41, 5.74) is -3.86. The normalized spacial score (nSPS) is 14.7. The quantitative estimate of drug-likeness (QED) is 0.219. The molecule has 3 aromatic rings. The van der Waals surface area contributed by atoms with Crippen LogP contribution in [0.15, 0.2) is 60.7 Å². The van der Waals surface area contributed by atoms with E-state index in [0.29, 0.717) is 41.8 Å². The van der Waals surface area contributed by atoms with Crippen molar-refractivity contribution in [2.75, 3.05) is 32.2 Å². The molecule has 0 spiro atoms. The lowest BCUT2D eigenvalue weighted by molar-refractivity contribution is -0.0499. The Morgan fingerprint density at radius 3 is 2.13 bits per heavy atom. The fourth-order valence-electron chi connectivity index (χ4n) is 4.38. The van der Waals surface area contributed by atoms with Crippen LogP contribution in [-0.2, 0) is 16.7 Å². The van der Waals surface area contributed by atoms with Gasteiger partial charge in [-0.05, 0) is 42.0 Å². The fourth-order valence-corrected chi connectivity index (χ4v) is 4.84. The van der Waals surface area contributed by atoms with E-state index in [0.717, 1.165) is 18.4 Å². The Balaban J connectivity index is 1.81. The molecule has 1 aliphatic rings. The molecule has 0 saturated carbocycles. The maximum absolute atomic E-state index is 13.4. The Bertz CT molecular complexity index is 1390. The molecule has 1 heterocycles. The Morgan fingerprint density at radius 2 is 1.51 bits per heavy atom. The highest BCUT2D eigenvalue weighted by molar-refractivity contribution is 7.88. The van der Waals surface area contributed by atoms with Crippen molar-refractivity contribution < 1.29 is 40.0 Å². The minimum atomic E-state index is -5.96. The van der Waals surface area contributed by atoms with Crippen LogP contribution in [0.3, 0.4) is 0 Å². The van der Waals surface area contributed by atoms with Crippen LogP contribution in [0.2, 0.25) is 0 Å². The first-order valence-corrected chi connectivity index (χ1v) is 13.8. The van der Waals surface area contributed by atoms with Crippen LogP contribution < -0.4 is 23.3 Å². The molecule has 1 aliphatic heterocycles. The van der Waals surface area contributed by atoms with Crippen molar-refractivity contribution in [2.24, 2.45) is 5.92 Å². The molecule has 1 fully saturated rings. The van der Waals surface area contributed by atoms with Gasteiger partial charge in [-0.1, -0.05) is 43.3 Å². The third-order valence-corrected chi connectivity index (χ3v) is 7.56. The van der Waals surface area contributed by atoms with Gasteiger partial charge in [0.2, 0.25) is 0 Å². The van der Waals surface area contributed by atoms with Crippen LogP contribution in [0, 0.1) is 5.92 Å². The standard InChI is InChI=1S/C28H30F3NO6S/c1-19-11-13-32(14-12-19)22-16-25(36-3)27(26(17-22)38-39(33,34)28(29,30)31)21-9-10-23(35-2)24(15-21)37-18-20-7-5-4-6-8-20/h4-10,15-17,19H,11-14,18H2,1-3H3. The van der Waals surface area contributed by atoms with Crippen LogP contribution in [0.4, 0.5) is 18.9 Å². The van der Waals surface area contributed by atoms with Crippen molar-refractivity contribution in [1.29, 1.82) is 0 Å². The summed E-state index contributed by atoms with van der Waals surface area (Å²) in [5.74, 6) is 0.854. The molecule has 11 heteroatoms. The summed E-state index contributed by atoms with van der Waals surface area (Å²) in [5, 5.41) is 0. The first kappa shape index (κ1) is 28.4. The van der Waals surface area contributed by atoms with E-state index in [1.807, 2.05) is 35.2 Å². The van der Waals surface area contributed by atoms with Crippen molar-refractivity contribution in [3.05, 3.63) is 66.2 Å². The molecule has 0 aliphatic carbocycles. The number of alkyl halides is 3. The van der Waals surface area contributed by atoms with Crippen molar-refractivity contribution >= 4 is 15.8 Å². The zero-order valence-electron chi connectivity index (χ0n) is 21.8. The van der Waals surface area contributed by atoms with Gasteiger partial charge in [0.25, 0.3) is 0 Å². The van der Waals surface area contributed by atoms with Gasteiger partial charge in [0, 0.05) is 30.9 Å². The van der Waals surface area contributed by atoms with E-state index >= 15 is 0 Å². The number of anilines is 1. The van der Waals surface area contributed by atoms with Crippen molar-refractivity contribution in [2.45, 2.75) is 31.9 Å². The lowest BCUT2D eigenvalue weighted by Gasteiger charge is -2.33. The monoisotopic (exact) mass is 565 g/mol. The van der Waals surface area contributed by atoms with Crippen molar-refractivity contribution in [3.63, 3.8) is 0 Å². The number of ether oxygens (including phenoxy) is 3. The second-order valence-corrected chi connectivity index (χ2v) is 10.9. The molecule has 0 aromatic heterocycles. The van der Waals surface area contributed by atoms with E-state index in [9.17, 15) is 21.6 Å². The van der Waals surface area contributed by atoms with Gasteiger partial charge in [-0.25, -0.2) is 0 Å². The number of rotatable bonds is 9. The average molecular weight is 566 g/mol. The highest BCUT2D eigenvalue weighted by Gasteiger charge is 2.49. The number of methoxy groups -OCH3 is 2. The van der Waals surface area contributed by atoms with E-state index in [1.54, 1.807) is 24.3 Å². The summed E-state index contributed by atoms with van der Waals surface area (Å²) in [6.07, 6.45) is 1.78. The first-order valence-electron chi connectivity index (χ1n) is 12.3. The number of nitrogens with zero attached hydrogens (tertiary/aromatic N) is 1. The number of halogens is 3. The van der Waals surface area contributed by atoms with Crippen LogP contribution in [0.25, 0.3) is 11.1 Å². The number of piperidine rings is 1. The van der Waals surface area contributed by atoms with Crippen molar-refractivity contribution in [1.82, 2.24) is 0 Å². The zero-order chi connectivity index (χ0) is 28.2. The summed E-state index contributed by atoms with van der Waals surface area (Å²) >= 11 is 0. The second-order valence-electron chi connectivity index (χ2n) is 9.31. The lowest BCUT2D eigenvalue weighted by atomic mass is 9.97. The summed E-state index contributed by atoms with van der Waals surface area (Å²) in [6.45, 7) is 3.66. The molecule has 0 N–H and O–H groups in total. The molecule has 39 heavy (non-hydrogen) atoms. The Hall–Kier alpha value is -3.60. The van der Waals surface area contributed by atoms with E-state index in [4.69, 9.17) is 18.4 Å². The highest BCUT2D eigenvalue weighted by Crippen LogP contribution is 2.46. The predicted molar refractivity (Wildman–Crippen MR) is 142 cm³/mol. The zero-order valence-corrected chi connectivity index (χ0v) is 22.6. The summed E-state index contributed by atoms with van der Waals surface area (Å²) in [4.78, 5) is 1.97. The highest BCUT2D eigenvalue weighted by atomic mass is 32.2. The molecule has 0 amide bonds. The van der Waals surface area contributed by atoms with Crippen molar-refractivity contribution in [3.8, 4) is 34.1 Å². The van der Waals surface area contributed by atoms with E-state index < -0.39 is 21.4 Å². The summed E-state index contributed by atoms with van der Waals surface area (Å²) < 4.78 is 86.0. The minimum Gasteiger partial charge on any atom is -0.496 e. The smallest absolute Gasteiger partial charge is 0.496 e. The Kier molecular flexibility index (Phi) is 8.48. The summed E-state index contributed by atoms with van der Waals surface area (Å²) in [7, 11) is -3.14. The van der Waals surface area contributed by atoms with Gasteiger partial charge < -0.3 is 23.3 Å². The topological polar surface area (TPSA) is 74.3 Å². The molecule has 7 nitrogen and oxygen atoms in total. The molecule has 0 atom stereocenters. The molecule has 1 saturated heterocycles. The maximum atomic E-state index is 13.4. The lowest BCUT2D eigenvalue weighted by Crippen LogP contribution is -2.33. The van der Waals surface area contributed by atoms with Gasteiger partial charge in [0.15, 0.2) is 17.2 Å². The second kappa shape index (κ2) is 11.6. The number of hydrogen-bond donors (Lipinski definition) is 0. The Labute approximate surface area is 226 Å². The third kappa shape index (κ3) is 6.52. The number of hydrogen-bond acceptors (Lipinski definition) is 7. The molecule has 4 rings (SSSR count). The molecular formula is C28H30F3NO6S. The minimum absolute atomic E-state index is 0.0340. The number of benzene rings is 3. The van der Waals surface area contributed by atoms with Crippen LogP contribution >= 0.6 is 0 Å². The molecule has 210 valence electrons. The van der Waals surface area contributed by atoms with Crippen LogP contribution in [0.1, 0.15) is 25.3 Å². The average Bonchev–Trinajstić information content (AvgIpc) is 2.91. The summed E-state index contributed by atoms with van der Waals surface area (Å²) in [6, 6.07) is 17.1. The SMILES string of the molecule is COc1ccc(-c2c(OC)cc(N3CCC(C)CC3)cc2OS(=O)(=O)C(F)(F)F)cc1OCc1ccccc1. The van der Waals surface area contributed by atoms with Gasteiger partial charge in [-0.2, -0.15) is 21.6 Å². The largest absolute Gasteiger partial charge is 0.534 e. The van der Waals surface area contributed by atoms with E-state index in [-0.39, 0.29) is 17.9 Å². The van der Waals surface area contributed by atoms with Gasteiger partial charge in [-0.15, -0.1) is 0 Å².